The zero-order valence-corrected chi connectivity index (χ0v) is 8.05. The first-order valence-electron chi connectivity index (χ1n) is 4.35. The van der Waals surface area contributed by atoms with Gasteiger partial charge < -0.3 is 5.32 Å². The molecular weight excluding hydrogens is 182 g/mol. The quantitative estimate of drug-likeness (QED) is 0.693. The summed E-state index contributed by atoms with van der Waals surface area (Å²) in [7, 11) is 0. The van der Waals surface area contributed by atoms with E-state index in [1.807, 2.05) is 24.3 Å². The lowest BCUT2D eigenvalue weighted by molar-refractivity contribution is -0.117. The van der Waals surface area contributed by atoms with Crippen molar-refractivity contribution in [3.05, 3.63) is 24.3 Å². The minimum Gasteiger partial charge on any atom is -0.326 e. The molecule has 0 unspecified atom stereocenters. The van der Waals surface area contributed by atoms with Crippen LogP contribution in [0, 0.1) is 5.92 Å². The van der Waals surface area contributed by atoms with Gasteiger partial charge in [-0.1, -0.05) is 6.07 Å². The Bertz CT molecular complexity index is 333. The highest BCUT2D eigenvalue weighted by Gasteiger charge is 2.29. The van der Waals surface area contributed by atoms with Crippen molar-refractivity contribution in [2.24, 2.45) is 5.92 Å². The first-order valence-corrected chi connectivity index (χ1v) is 4.80. The topological polar surface area (TPSA) is 29.1 Å². The Morgan fingerprint density at radius 1 is 1.46 bits per heavy atom. The summed E-state index contributed by atoms with van der Waals surface area (Å²) in [6.07, 6.45) is 2.07. The summed E-state index contributed by atoms with van der Waals surface area (Å²) in [5.41, 5.74) is 0.837. The van der Waals surface area contributed by atoms with Crippen molar-refractivity contribution in [3.63, 3.8) is 0 Å². The minimum absolute atomic E-state index is 0.138. The van der Waals surface area contributed by atoms with Gasteiger partial charge >= 0.3 is 0 Å². The molecule has 1 saturated carbocycles. The maximum Gasteiger partial charge on any atom is 0.227 e. The van der Waals surface area contributed by atoms with Crippen LogP contribution in [-0.4, -0.2) is 5.91 Å². The molecule has 1 aromatic carbocycles. The zero-order valence-electron chi connectivity index (χ0n) is 7.16. The van der Waals surface area contributed by atoms with Crippen LogP contribution in [0.15, 0.2) is 29.2 Å². The first kappa shape index (κ1) is 8.63. The molecule has 1 amide bonds. The lowest BCUT2D eigenvalue weighted by atomic mass is 10.3. The molecule has 0 heterocycles. The van der Waals surface area contributed by atoms with E-state index in [1.54, 1.807) is 0 Å². The molecular formula is C10H11NOS. The molecule has 0 bridgehead atoms. The van der Waals surface area contributed by atoms with Gasteiger partial charge in [-0.25, -0.2) is 0 Å². The fraction of sp³-hybridized carbons (Fsp3) is 0.300. The first-order chi connectivity index (χ1) is 6.25. The molecule has 13 heavy (non-hydrogen) atoms. The van der Waals surface area contributed by atoms with Crippen molar-refractivity contribution in [1.82, 2.24) is 0 Å². The molecule has 0 saturated heterocycles. The van der Waals surface area contributed by atoms with Crippen molar-refractivity contribution in [1.29, 1.82) is 0 Å². The summed E-state index contributed by atoms with van der Waals surface area (Å²) in [5.74, 6) is 0.391. The Hall–Kier alpha value is -0.960. The second-order valence-electron chi connectivity index (χ2n) is 3.31. The molecule has 0 aliphatic heterocycles. The smallest absolute Gasteiger partial charge is 0.227 e. The average molecular weight is 193 g/mol. The highest BCUT2D eigenvalue weighted by Crippen LogP contribution is 2.30. The maximum atomic E-state index is 11.3. The molecule has 1 aromatic rings. The van der Waals surface area contributed by atoms with Crippen molar-refractivity contribution in [3.8, 4) is 0 Å². The van der Waals surface area contributed by atoms with Crippen LogP contribution in [0.25, 0.3) is 0 Å². The minimum atomic E-state index is 0.138. The second kappa shape index (κ2) is 3.42. The molecule has 1 fully saturated rings. The molecule has 0 spiro atoms. The van der Waals surface area contributed by atoms with Crippen LogP contribution in [0.1, 0.15) is 12.8 Å². The van der Waals surface area contributed by atoms with E-state index in [9.17, 15) is 4.79 Å². The van der Waals surface area contributed by atoms with Gasteiger partial charge in [0, 0.05) is 16.5 Å². The maximum absolute atomic E-state index is 11.3. The second-order valence-corrected chi connectivity index (χ2v) is 3.83. The molecule has 0 atom stereocenters. The van der Waals surface area contributed by atoms with Gasteiger partial charge in [0.2, 0.25) is 5.91 Å². The third-order valence-electron chi connectivity index (χ3n) is 2.06. The molecule has 2 nitrogen and oxygen atoms in total. The van der Waals surface area contributed by atoms with E-state index < -0.39 is 0 Å². The predicted molar refractivity (Wildman–Crippen MR) is 55.0 cm³/mol. The molecule has 1 aliphatic rings. The van der Waals surface area contributed by atoms with Crippen LogP contribution in [0.4, 0.5) is 5.69 Å². The van der Waals surface area contributed by atoms with Crippen molar-refractivity contribution in [2.75, 3.05) is 5.32 Å². The van der Waals surface area contributed by atoms with Crippen molar-refractivity contribution < 1.29 is 4.79 Å². The number of benzene rings is 1. The van der Waals surface area contributed by atoms with Gasteiger partial charge in [0.05, 0.1) is 0 Å². The Morgan fingerprint density at radius 3 is 2.85 bits per heavy atom. The molecule has 0 aromatic heterocycles. The summed E-state index contributed by atoms with van der Waals surface area (Å²) in [6, 6.07) is 7.49. The molecule has 1 aliphatic carbocycles. The number of nitrogens with one attached hydrogen (secondary N) is 1. The van der Waals surface area contributed by atoms with E-state index in [1.165, 1.54) is 0 Å². The number of hydrogen-bond donors (Lipinski definition) is 2. The van der Waals surface area contributed by atoms with E-state index in [4.69, 9.17) is 0 Å². The number of amides is 1. The third kappa shape index (κ3) is 2.25. The van der Waals surface area contributed by atoms with Crippen LogP contribution < -0.4 is 5.32 Å². The van der Waals surface area contributed by atoms with Crippen LogP contribution in [-0.2, 0) is 4.79 Å². The van der Waals surface area contributed by atoms with Gasteiger partial charge in [0.25, 0.3) is 0 Å². The molecule has 68 valence electrons. The number of anilines is 1. The summed E-state index contributed by atoms with van der Waals surface area (Å²) in [5, 5.41) is 2.86. The normalized spacial score (nSPS) is 15.5. The van der Waals surface area contributed by atoms with E-state index in [2.05, 4.69) is 17.9 Å². The van der Waals surface area contributed by atoms with Crippen LogP contribution in [0.2, 0.25) is 0 Å². The Labute approximate surface area is 82.8 Å². The van der Waals surface area contributed by atoms with Gasteiger partial charge in [-0.3, -0.25) is 4.79 Å². The van der Waals surface area contributed by atoms with Crippen LogP contribution >= 0.6 is 12.6 Å². The number of hydrogen-bond acceptors (Lipinski definition) is 2. The summed E-state index contributed by atoms with van der Waals surface area (Å²) in [4.78, 5) is 12.2. The molecule has 3 heteroatoms. The van der Waals surface area contributed by atoms with Gasteiger partial charge in [-0.2, -0.15) is 0 Å². The van der Waals surface area contributed by atoms with Crippen molar-refractivity contribution >= 4 is 24.2 Å². The highest BCUT2D eigenvalue weighted by molar-refractivity contribution is 7.80. The van der Waals surface area contributed by atoms with E-state index in [-0.39, 0.29) is 11.8 Å². The van der Waals surface area contributed by atoms with Gasteiger partial charge in [-0.05, 0) is 31.0 Å². The number of rotatable bonds is 2. The van der Waals surface area contributed by atoms with Crippen LogP contribution in [0.5, 0.6) is 0 Å². The lowest BCUT2D eigenvalue weighted by Gasteiger charge is -2.03. The van der Waals surface area contributed by atoms with E-state index >= 15 is 0 Å². The van der Waals surface area contributed by atoms with E-state index in [0.717, 1.165) is 23.4 Å². The Morgan fingerprint density at radius 2 is 2.23 bits per heavy atom. The lowest BCUT2D eigenvalue weighted by Crippen LogP contribution is -2.12. The average Bonchev–Trinajstić information content (AvgIpc) is 2.85. The Kier molecular flexibility index (Phi) is 2.27. The Balaban J connectivity index is 2.04. The summed E-state index contributed by atoms with van der Waals surface area (Å²) < 4.78 is 0. The fourth-order valence-corrected chi connectivity index (χ4v) is 1.40. The molecule has 0 radical (unpaired) electrons. The SMILES string of the molecule is O=C(Nc1cccc(S)c1)C1CC1. The fourth-order valence-electron chi connectivity index (χ4n) is 1.17. The molecule has 2 rings (SSSR count). The zero-order chi connectivity index (χ0) is 9.26. The van der Waals surface area contributed by atoms with Gasteiger partial charge in [0.15, 0.2) is 0 Å². The summed E-state index contributed by atoms with van der Waals surface area (Å²) in [6.45, 7) is 0. The van der Waals surface area contributed by atoms with Gasteiger partial charge in [-0.15, -0.1) is 12.6 Å². The van der Waals surface area contributed by atoms with Crippen LogP contribution in [0.3, 0.4) is 0 Å². The number of carbonyl (C=O) groups excluding carboxylic acids is 1. The predicted octanol–water partition coefficient (Wildman–Crippen LogP) is 2.32. The summed E-state index contributed by atoms with van der Waals surface area (Å²) >= 11 is 4.19. The third-order valence-corrected chi connectivity index (χ3v) is 2.34. The largest absolute Gasteiger partial charge is 0.326 e. The highest BCUT2D eigenvalue weighted by atomic mass is 32.1. The molecule has 1 N–H and O–H groups in total. The van der Waals surface area contributed by atoms with Gasteiger partial charge in [0.1, 0.15) is 0 Å². The van der Waals surface area contributed by atoms with E-state index in [0.29, 0.717) is 0 Å². The number of thiol groups is 1. The van der Waals surface area contributed by atoms with Crippen molar-refractivity contribution in [2.45, 2.75) is 17.7 Å². The monoisotopic (exact) mass is 193 g/mol. The number of carbonyl (C=O) groups is 1. The standard InChI is InChI=1S/C10H11NOS/c12-10(7-4-5-7)11-8-2-1-3-9(13)6-8/h1-3,6-7,13H,4-5H2,(H,11,12).